The van der Waals surface area contributed by atoms with E-state index in [1.54, 1.807) is 27.7 Å². The fourth-order valence-electron chi connectivity index (χ4n) is 2.56. The maximum absolute atomic E-state index is 12.4. The largest absolute Gasteiger partial charge is 0.462 e. The minimum absolute atomic E-state index is 0.0886. The zero-order chi connectivity index (χ0) is 16.3. The third-order valence-corrected chi connectivity index (χ3v) is 4.01. The van der Waals surface area contributed by atoms with Crippen molar-refractivity contribution in [3.63, 3.8) is 0 Å². The molecule has 0 amide bonds. The summed E-state index contributed by atoms with van der Waals surface area (Å²) in [6, 6.07) is 0. The quantitative estimate of drug-likeness (QED) is 0.556. The van der Waals surface area contributed by atoms with E-state index in [1.807, 2.05) is 13.8 Å². The van der Waals surface area contributed by atoms with Crippen LogP contribution in [0.15, 0.2) is 5.16 Å². The van der Waals surface area contributed by atoms with E-state index in [4.69, 9.17) is 14.3 Å². The van der Waals surface area contributed by atoms with Crippen LogP contribution in [0, 0.1) is 11.3 Å². The van der Waals surface area contributed by atoms with Crippen LogP contribution in [0.1, 0.15) is 48.0 Å². The smallest absolute Gasteiger partial charge is 0.366 e. The Bertz CT molecular complexity index is 423. The summed E-state index contributed by atoms with van der Waals surface area (Å²) in [5.74, 6) is -1.42. The highest BCUT2D eigenvalue weighted by molar-refractivity contribution is 6.12. The van der Waals surface area contributed by atoms with Gasteiger partial charge in [0, 0.05) is 0 Å². The van der Waals surface area contributed by atoms with Gasteiger partial charge in [0.1, 0.15) is 0 Å². The van der Waals surface area contributed by atoms with Crippen LogP contribution in [-0.4, -0.2) is 36.5 Å². The average Bonchev–Trinajstić information content (AvgIpc) is 2.70. The van der Waals surface area contributed by atoms with Gasteiger partial charge in [0.05, 0.1) is 24.3 Å². The number of hydrogen-bond acceptors (Lipinski definition) is 6. The minimum Gasteiger partial charge on any atom is -0.462 e. The summed E-state index contributed by atoms with van der Waals surface area (Å²) in [7, 11) is 0. The Kier molecular flexibility index (Phi) is 5.36. The lowest BCUT2D eigenvalue weighted by Crippen LogP contribution is -2.60. The number of esters is 2. The first-order valence-electron chi connectivity index (χ1n) is 7.40. The Morgan fingerprint density at radius 2 is 1.62 bits per heavy atom. The van der Waals surface area contributed by atoms with E-state index in [1.165, 1.54) is 0 Å². The van der Waals surface area contributed by atoms with Crippen LogP contribution in [-0.2, 0) is 23.9 Å². The van der Waals surface area contributed by atoms with Crippen molar-refractivity contribution in [2.75, 3.05) is 13.2 Å². The van der Waals surface area contributed by atoms with Crippen molar-refractivity contribution in [3.05, 3.63) is 0 Å². The Morgan fingerprint density at radius 3 is 2.00 bits per heavy atom. The van der Waals surface area contributed by atoms with Crippen molar-refractivity contribution in [2.45, 2.75) is 53.6 Å². The number of oxime groups is 1. The minimum atomic E-state index is -1.86. The maximum Gasteiger partial charge on any atom is 0.366 e. The SMILES string of the molecule is CCOC(=O)C1(C(=O)OCC)ON=C(C(C)CC)C1(C)C. The van der Waals surface area contributed by atoms with Gasteiger partial charge < -0.3 is 14.3 Å². The molecule has 6 nitrogen and oxygen atoms in total. The van der Waals surface area contributed by atoms with Gasteiger partial charge in [-0.05, 0) is 40.0 Å². The first-order chi connectivity index (χ1) is 9.79. The molecule has 6 heteroatoms. The summed E-state index contributed by atoms with van der Waals surface area (Å²) in [5, 5.41) is 4.03. The first kappa shape index (κ1) is 17.5. The van der Waals surface area contributed by atoms with Gasteiger partial charge in [0.15, 0.2) is 0 Å². The molecule has 0 saturated carbocycles. The average molecular weight is 299 g/mol. The van der Waals surface area contributed by atoms with E-state index < -0.39 is 23.0 Å². The van der Waals surface area contributed by atoms with Gasteiger partial charge >= 0.3 is 17.5 Å². The molecule has 0 radical (unpaired) electrons. The molecule has 0 aromatic heterocycles. The molecule has 0 N–H and O–H groups in total. The molecule has 0 spiro atoms. The Labute approximate surface area is 125 Å². The number of carbonyl (C=O) groups is 2. The lowest BCUT2D eigenvalue weighted by Gasteiger charge is -2.35. The van der Waals surface area contributed by atoms with Crippen LogP contribution < -0.4 is 0 Å². The van der Waals surface area contributed by atoms with Gasteiger partial charge in [-0.3, -0.25) is 0 Å². The summed E-state index contributed by atoms with van der Waals surface area (Å²) < 4.78 is 10.1. The first-order valence-corrected chi connectivity index (χ1v) is 7.40. The van der Waals surface area contributed by atoms with Gasteiger partial charge in [0.25, 0.3) is 0 Å². The van der Waals surface area contributed by atoms with Gasteiger partial charge in [0.2, 0.25) is 0 Å². The van der Waals surface area contributed by atoms with E-state index in [-0.39, 0.29) is 19.1 Å². The molecular weight excluding hydrogens is 274 g/mol. The summed E-state index contributed by atoms with van der Waals surface area (Å²) >= 11 is 0. The zero-order valence-corrected chi connectivity index (χ0v) is 13.7. The van der Waals surface area contributed by atoms with E-state index in [0.29, 0.717) is 5.71 Å². The highest BCUT2D eigenvalue weighted by atomic mass is 16.7. The molecule has 120 valence electrons. The third kappa shape index (κ3) is 2.63. The van der Waals surface area contributed by atoms with E-state index in [9.17, 15) is 9.59 Å². The Balaban J connectivity index is 3.29. The van der Waals surface area contributed by atoms with Crippen LogP contribution in [0.2, 0.25) is 0 Å². The fraction of sp³-hybridized carbons (Fsp3) is 0.800. The third-order valence-electron chi connectivity index (χ3n) is 4.01. The summed E-state index contributed by atoms with van der Waals surface area (Å²) in [5.41, 5.74) is -2.12. The molecule has 1 rings (SSSR count). The predicted molar refractivity (Wildman–Crippen MR) is 77.8 cm³/mol. The van der Waals surface area contributed by atoms with Gasteiger partial charge in [-0.1, -0.05) is 19.0 Å². The van der Waals surface area contributed by atoms with Crippen LogP contribution in [0.4, 0.5) is 0 Å². The molecule has 0 aromatic carbocycles. The molecule has 0 fully saturated rings. The monoisotopic (exact) mass is 299 g/mol. The van der Waals surface area contributed by atoms with Crippen LogP contribution >= 0.6 is 0 Å². The Hall–Kier alpha value is -1.59. The lowest BCUT2D eigenvalue weighted by atomic mass is 9.68. The Morgan fingerprint density at radius 1 is 1.14 bits per heavy atom. The van der Waals surface area contributed by atoms with Crippen LogP contribution in [0.25, 0.3) is 0 Å². The zero-order valence-electron chi connectivity index (χ0n) is 13.7. The summed E-state index contributed by atoms with van der Waals surface area (Å²) in [4.78, 5) is 30.2. The molecule has 0 saturated heterocycles. The highest BCUT2D eigenvalue weighted by Gasteiger charge is 2.68. The van der Waals surface area contributed by atoms with E-state index in [0.717, 1.165) is 6.42 Å². The molecule has 21 heavy (non-hydrogen) atoms. The van der Waals surface area contributed by atoms with Crippen molar-refractivity contribution >= 4 is 17.7 Å². The topological polar surface area (TPSA) is 74.2 Å². The second kappa shape index (κ2) is 6.45. The van der Waals surface area contributed by atoms with Crippen molar-refractivity contribution < 1.29 is 23.9 Å². The lowest BCUT2D eigenvalue weighted by molar-refractivity contribution is -0.197. The van der Waals surface area contributed by atoms with Gasteiger partial charge in [-0.15, -0.1) is 0 Å². The van der Waals surface area contributed by atoms with Crippen LogP contribution in [0.5, 0.6) is 0 Å². The van der Waals surface area contributed by atoms with Crippen molar-refractivity contribution in [2.24, 2.45) is 16.5 Å². The van der Waals surface area contributed by atoms with Gasteiger partial charge in [-0.2, -0.15) is 0 Å². The molecule has 1 aliphatic heterocycles. The van der Waals surface area contributed by atoms with E-state index >= 15 is 0 Å². The molecule has 1 heterocycles. The standard InChI is InChI=1S/C15H25NO5/c1-7-10(4)11-14(5,6)15(21-16-11,12(17)19-8-2)13(18)20-9-3/h10H,7-9H2,1-6H3. The van der Waals surface area contributed by atoms with Crippen LogP contribution in [0.3, 0.4) is 0 Å². The second-order valence-electron chi connectivity index (χ2n) is 5.62. The number of nitrogens with zero attached hydrogens (tertiary/aromatic N) is 1. The second-order valence-corrected chi connectivity index (χ2v) is 5.62. The molecule has 0 aliphatic carbocycles. The molecular formula is C15H25NO5. The van der Waals surface area contributed by atoms with Crippen molar-refractivity contribution in [3.8, 4) is 0 Å². The maximum atomic E-state index is 12.4. The fourth-order valence-corrected chi connectivity index (χ4v) is 2.56. The normalized spacial score (nSPS) is 20.2. The van der Waals surface area contributed by atoms with E-state index in [2.05, 4.69) is 5.16 Å². The molecule has 1 unspecified atom stereocenters. The molecule has 1 aliphatic rings. The highest BCUT2D eigenvalue weighted by Crippen LogP contribution is 2.45. The number of rotatable bonds is 6. The number of ether oxygens (including phenoxy) is 2. The molecule has 0 bridgehead atoms. The van der Waals surface area contributed by atoms with Gasteiger partial charge in [-0.25, -0.2) is 9.59 Å². The van der Waals surface area contributed by atoms with Crippen molar-refractivity contribution in [1.29, 1.82) is 0 Å². The number of carbonyl (C=O) groups excluding carboxylic acids is 2. The summed E-state index contributed by atoms with van der Waals surface area (Å²) in [6.45, 7) is 11.2. The molecule has 1 atom stereocenters. The summed E-state index contributed by atoms with van der Waals surface area (Å²) in [6.07, 6.45) is 0.827. The molecule has 0 aromatic rings. The van der Waals surface area contributed by atoms with Crippen molar-refractivity contribution in [1.82, 2.24) is 0 Å². The number of hydrogen-bond donors (Lipinski definition) is 0. The predicted octanol–water partition coefficient (Wildman–Crippen LogP) is 2.31.